The van der Waals surface area contributed by atoms with E-state index in [-0.39, 0.29) is 6.04 Å². The van der Waals surface area contributed by atoms with Crippen LogP contribution in [0.2, 0.25) is 0 Å². The van der Waals surface area contributed by atoms with Gasteiger partial charge >= 0.3 is 6.09 Å². The highest BCUT2D eigenvalue weighted by Gasteiger charge is 2.18. The van der Waals surface area contributed by atoms with Crippen LogP contribution in [0.15, 0.2) is 18.3 Å². The fourth-order valence-corrected chi connectivity index (χ4v) is 1.30. The molecule has 0 fully saturated rings. The van der Waals surface area contributed by atoms with E-state index in [0.29, 0.717) is 5.82 Å². The lowest BCUT2D eigenvalue weighted by Gasteiger charge is -2.22. The third-order valence-corrected chi connectivity index (χ3v) is 2.04. The van der Waals surface area contributed by atoms with Crippen LogP contribution in [-0.2, 0) is 4.74 Å². The lowest BCUT2D eigenvalue weighted by Crippen LogP contribution is -2.34. The van der Waals surface area contributed by atoms with Crippen molar-refractivity contribution < 1.29 is 9.53 Å². The van der Waals surface area contributed by atoms with E-state index in [9.17, 15) is 4.79 Å². The highest BCUT2D eigenvalue weighted by Crippen LogP contribution is 2.14. The van der Waals surface area contributed by atoms with Crippen LogP contribution in [0.5, 0.6) is 0 Å². The maximum absolute atomic E-state index is 11.5. The summed E-state index contributed by atoms with van der Waals surface area (Å²) in [5.41, 5.74) is 5.97. The van der Waals surface area contributed by atoms with E-state index >= 15 is 0 Å². The van der Waals surface area contributed by atoms with Crippen LogP contribution in [0.25, 0.3) is 0 Å². The quantitative estimate of drug-likeness (QED) is 0.827. The van der Waals surface area contributed by atoms with E-state index in [0.717, 1.165) is 5.56 Å². The molecular formula is C12H19N3O2. The summed E-state index contributed by atoms with van der Waals surface area (Å²) in [6, 6.07) is 3.36. The van der Waals surface area contributed by atoms with Crippen molar-refractivity contribution in [2.45, 2.75) is 39.3 Å². The van der Waals surface area contributed by atoms with E-state index in [4.69, 9.17) is 10.5 Å². The highest BCUT2D eigenvalue weighted by molar-refractivity contribution is 5.68. The summed E-state index contributed by atoms with van der Waals surface area (Å²) in [6.45, 7) is 7.32. The first-order valence-electron chi connectivity index (χ1n) is 5.49. The number of pyridine rings is 1. The average Bonchev–Trinajstić information content (AvgIpc) is 2.14. The number of alkyl carbamates (subject to hydrolysis) is 1. The van der Waals surface area contributed by atoms with Crippen molar-refractivity contribution in [2.24, 2.45) is 0 Å². The molecule has 0 spiro atoms. The molecule has 0 aliphatic rings. The second kappa shape index (κ2) is 5.03. The van der Waals surface area contributed by atoms with E-state index in [1.54, 1.807) is 18.3 Å². The molecule has 0 saturated heterocycles. The second-order valence-electron chi connectivity index (χ2n) is 4.88. The van der Waals surface area contributed by atoms with Gasteiger partial charge in [0.2, 0.25) is 0 Å². The first kappa shape index (κ1) is 13.3. The number of ether oxygens (including phenoxy) is 1. The smallest absolute Gasteiger partial charge is 0.408 e. The molecule has 1 rings (SSSR count). The highest BCUT2D eigenvalue weighted by atomic mass is 16.6. The number of nitrogens with two attached hydrogens (primary N) is 1. The van der Waals surface area contributed by atoms with Gasteiger partial charge in [-0.2, -0.15) is 0 Å². The molecule has 5 heteroatoms. The molecule has 0 aliphatic carbocycles. The Morgan fingerprint density at radius 3 is 2.71 bits per heavy atom. The number of anilines is 1. The summed E-state index contributed by atoms with van der Waals surface area (Å²) in [5, 5.41) is 2.74. The molecule has 5 nitrogen and oxygen atoms in total. The molecule has 94 valence electrons. The Bertz CT molecular complexity index is 399. The zero-order chi connectivity index (χ0) is 13.1. The van der Waals surface area contributed by atoms with Crippen LogP contribution >= 0.6 is 0 Å². The fourth-order valence-electron chi connectivity index (χ4n) is 1.30. The van der Waals surface area contributed by atoms with Crippen LogP contribution < -0.4 is 11.1 Å². The average molecular weight is 237 g/mol. The number of aromatic nitrogens is 1. The Labute approximate surface area is 101 Å². The number of nitrogens with one attached hydrogen (secondary N) is 1. The molecule has 0 bridgehead atoms. The Kier molecular flexibility index (Phi) is 3.93. The molecule has 1 heterocycles. The molecule has 0 unspecified atom stereocenters. The standard InChI is InChI=1S/C12H19N3O2/c1-8(9-5-6-14-10(13)7-9)15-11(16)17-12(2,3)4/h5-8H,1-4H3,(H2,13,14)(H,15,16)/t8-/m1/s1. The zero-order valence-corrected chi connectivity index (χ0v) is 10.7. The van der Waals surface area contributed by atoms with Gasteiger partial charge < -0.3 is 15.8 Å². The largest absolute Gasteiger partial charge is 0.444 e. The van der Waals surface area contributed by atoms with Gasteiger partial charge in [0.15, 0.2) is 0 Å². The third-order valence-electron chi connectivity index (χ3n) is 2.04. The number of carbonyl (C=O) groups excluding carboxylic acids is 1. The van der Waals surface area contributed by atoms with E-state index in [1.807, 2.05) is 27.7 Å². The lowest BCUT2D eigenvalue weighted by molar-refractivity contribution is 0.0508. The second-order valence-corrected chi connectivity index (χ2v) is 4.88. The SMILES string of the molecule is C[C@@H](NC(=O)OC(C)(C)C)c1ccnc(N)c1. The molecular weight excluding hydrogens is 218 g/mol. The number of carbonyl (C=O) groups is 1. The van der Waals surface area contributed by atoms with E-state index in [1.165, 1.54) is 0 Å². The van der Waals surface area contributed by atoms with E-state index < -0.39 is 11.7 Å². The van der Waals surface area contributed by atoms with Gasteiger partial charge in [-0.25, -0.2) is 9.78 Å². The third kappa shape index (κ3) is 4.72. The summed E-state index contributed by atoms with van der Waals surface area (Å²) >= 11 is 0. The molecule has 17 heavy (non-hydrogen) atoms. The summed E-state index contributed by atoms with van der Waals surface area (Å²) in [5.74, 6) is 0.431. The summed E-state index contributed by atoms with van der Waals surface area (Å²) in [4.78, 5) is 15.4. The molecule has 0 aromatic carbocycles. The van der Waals surface area contributed by atoms with Gasteiger partial charge in [0, 0.05) is 6.20 Å². The van der Waals surface area contributed by atoms with Crippen molar-refractivity contribution in [2.75, 3.05) is 5.73 Å². The van der Waals surface area contributed by atoms with Crippen molar-refractivity contribution in [3.05, 3.63) is 23.9 Å². The van der Waals surface area contributed by atoms with Crippen LogP contribution in [0.1, 0.15) is 39.3 Å². The van der Waals surface area contributed by atoms with Gasteiger partial charge in [-0.1, -0.05) is 0 Å². The summed E-state index contributed by atoms with van der Waals surface area (Å²) in [6.07, 6.45) is 1.16. The first-order chi connectivity index (χ1) is 7.78. The normalized spacial score (nSPS) is 12.9. The van der Waals surface area contributed by atoms with Gasteiger partial charge in [0.05, 0.1) is 6.04 Å². The predicted octanol–water partition coefficient (Wildman–Crippen LogP) is 2.25. The van der Waals surface area contributed by atoms with Crippen LogP contribution in [0, 0.1) is 0 Å². The lowest BCUT2D eigenvalue weighted by atomic mass is 10.1. The number of amides is 1. The van der Waals surface area contributed by atoms with E-state index in [2.05, 4.69) is 10.3 Å². The maximum atomic E-state index is 11.5. The molecule has 1 aromatic heterocycles. The Balaban J connectivity index is 2.61. The van der Waals surface area contributed by atoms with Crippen LogP contribution in [0.4, 0.5) is 10.6 Å². The van der Waals surface area contributed by atoms with Gasteiger partial charge in [-0.3, -0.25) is 0 Å². The number of nitrogens with zero attached hydrogens (tertiary/aromatic N) is 1. The topological polar surface area (TPSA) is 77.2 Å². The first-order valence-corrected chi connectivity index (χ1v) is 5.49. The maximum Gasteiger partial charge on any atom is 0.408 e. The minimum Gasteiger partial charge on any atom is -0.444 e. The van der Waals surface area contributed by atoms with Crippen molar-refractivity contribution in [3.8, 4) is 0 Å². The summed E-state index contributed by atoms with van der Waals surface area (Å²) < 4.78 is 5.16. The van der Waals surface area contributed by atoms with Gasteiger partial charge in [-0.05, 0) is 45.4 Å². The number of hydrogen-bond donors (Lipinski definition) is 2. The number of rotatable bonds is 2. The molecule has 0 radical (unpaired) electrons. The van der Waals surface area contributed by atoms with Crippen LogP contribution in [-0.4, -0.2) is 16.7 Å². The summed E-state index contributed by atoms with van der Waals surface area (Å²) in [7, 11) is 0. The zero-order valence-electron chi connectivity index (χ0n) is 10.7. The van der Waals surface area contributed by atoms with Gasteiger partial charge in [0.1, 0.15) is 11.4 Å². The van der Waals surface area contributed by atoms with Gasteiger partial charge in [0.25, 0.3) is 0 Å². The molecule has 0 saturated carbocycles. The van der Waals surface area contributed by atoms with Gasteiger partial charge in [-0.15, -0.1) is 0 Å². The monoisotopic (exact) mass is 237 g/mol. The minimum atomic E-state index is -0.499. The minimum absolute atomic E-state index is 0.171. The van der Waals surface area contributed by atoms with Crippen molar-refractivity contribution in [3.63, 3.8) is 0 Å². The molecule has 1 atom stereocenters. The molecule has 1 amide bonds. The molecule has 1 aromatic rings. The number of hydrogen-bond acceptors (Lipinski definition) is 4. The molecule has 0 aliphatic heterocycles. The van der Waals surface area contributed by atoms with Crippen molar-refractivity contribution in [1.29, 1.82) is 0 Å². The van der Waals surface area contributed by atoms with Crippen molar-refractivity contribution >= 4 is 11.9 Å². The Hall–Kier alpha value is -1.78. The van der Waals surface area contributed by atoms with Crippen molar-refractivity contribution in [1.82, 2.24) is 10.3 Å². The Morgan fingerprint density at radius 2 is 2.18 bits per heavy atom. The molecule has 3 N–H and O–H groups in total. The fraction of sp³-hybridized carbons (Fsp3) is 0.500. The predicted molar refractivity (Wildman–Crippen MR) is 66.4 cm³/mol. The van der Waals surface area contributed by atoms with Crippen LogP contribution in [0.3, 0.4) is 0 Å². The Morgan fingerprint density at radius 1 is 1.53 bits per heavy atom. The number of nitrogen functional groups attached to an aromatic ring is 1.